The summed E-state index contributed by atoms with van der Waals surface area (Å²) in [5.41, 5.74) is 9.38. The molecule has 0 fully saturated rings. The lowest BCUT2D eigenvalue weighted by Crippen LogP contribution is -2.12. The maximum Gasteiger partial charge on any atom is 0.0849 e. The van der Waals surface area contributed by atoms with Crippen molar-refractivity contribution < 1.29 is 0 Å². The Hall–Kier alpha value is -0.600. The van der Waals surface area contributed by atoms with Crippen molar-refractivity contribution >= 4 is 34.6 Å². The molecular formula is C10H14Cl2N2. The third-order valence-corrected chi connectivity index (χ3v) is 3.26. The van der Waals surface area contributed by atoms with Crippen LogP contribution in [-0.2, 0) is 0 Å². The van der Waals surface area contributed by atoms with Gasteiger partial charge < -0.3 is 10.6 Å². The van der Waals surface area contributed by atoms with E-state index in [1.54, 1.807) is 0 Å². The predicted molar refractivity (Wildman–Crippen MR) is 64.7 cm³/mol. The van der Waals surface area contributed by atoms with Gasteiger partial charge in [0.05, 0.1) is 21.4 Å². The Morgan fingerprint density at radius 1 is 1.00 bits per heavy atom. The summed E-state index contributed by atoms with van der Waals surface area (Å²) < 4.78 is 0. The van der Waals surface area contributed by atoms with Gasteiger partial charge in [0.2, 0.25) is 0 Å². The van der Waals surface area contributed by atoms with Crippen LogP contribution in [0, 0.1) is 13.8 Å². The first-order valence-electron chi connectivity index (χ1n) is 4.28. The minimum absolute atomic E-state index is 0.443. The average molecular weight is 233 g/mol. The second-order valence-corrected chi connectivity index (χ2v) is 4.29. The number of halogens is 2. The normalized spacial score (nSPS) is 10.4. The Bertz CT molecular complexity index is 344. The van der Waals surface area contributed by atoms with Gasteiger partial charge in [-0.1, -0.05) is 23.2 Å². The lowest BCUT2D eigenvalue weighted by atomic mass is 10.1. The Morgan fingerprint density at radius 2 is 1.50 bits per heavy atom. The van der Waals surface area contributed by atoms with E-state index in [9.17, 15) is 0 Å². The highest BCUT2D eigenvalue weighted by Crippen LogP contribution is 2.41. The van der Waals surface area contributed by atoms with E-state index in [0.717, 1.165) is 16.8 Å². The summed E-state index contributed by atoms with van der Waals surface area (Å²) in [6.45, 7) is 3.93. The van der Waals surface area contributed by atoms with E-state index >= 15 is 0 Å². The van der Waals surface area contributed by atoms with Gasteiger partial charge in [-0.2, -0.15) is 0 Å². The highest BCUT2D eigenvalue weighted by molar-refractivity contribution is 6.45. The van der Waals surface area contributed by atoms with Crippen LogP contribution in [0.1, 0.15) is 11.1 Å². The van der Waals surface area contributed by atoms with Crippen LogP contribution < -0.4 is 10.6 Å². The Morgan fingerprint density at radius 3 is 1.93 bits per heavy atom. The van der Waals surface area contributed by atoms with Crippen LogP contribution >= 0.6 is 23.2 Å². The molecular weight excluding hydrogens is 219 g/mol. The van der Waals surface area contributed by atoms with Crippen LogP contribution in [0.4, 0.5) is 11.4 Å². The number of nitrogens with zero attached hydrogens (tertiary/aromatic N) is 1. The third kappa shape index (κ3) is 1.64. The zero-order chi connectivity index (χ0) is 11.0. The molecule has 0 bridgehead atoms. The van der Waals surface area contributed by atoms with Gasteiger partial charge in [-0.25, -0.2) is 0 Å². The second kappa shape index (κ2) is 3.87. The smallest absolute Gasteiger partial charge is 0.0849 e. The van der Waals surface area contributed by atoms with E-state index in [4.69, 9.17) is 28.9 Å². The molecule has 0 radical (unpaired) electrons. The number of hydrogen-bond acceptors (Lipinski definition) is 2. The largest absolute Gasteiger partial charge is 0.397 e. The van der Waals surface area contributed by atoms with Gasteiger partial charge in [-0.05, 0) is 25.0 Å². The molecule has 78 valence electrons. The molecule has 0 amide bonds. The topological polar surface area (TPSA) is 29.3 Å². The summed E-state index contributed by atoms with van der Waals surface area (Å²) in [4.78, 5) is 1.94. The molecule has 1 rings (SSSR count). The molecule has 0 saturated carbocycles. The maximum absolute atomic E-state index is 6.12. The average Bonchev–Trinajstić information content (AvgIpc) is 2.11. The zero-order valence-electron chi connectivity index (χ0n) is 8.78. The van der Waals surface area contributed by atoms with E-state index in [1.165, 1.54) is 0 Å². The van der Waals surface area contributed by atoms with Gasteiger partial charge >= 0.3 is 0 Å². The molecule has 0 unspecified atom stereocenters. The van der Waals surface area contributed by atoms with Crippen molar-refractivity contribution in [1.82, 2.24) is 0 Å². The number of nitrogen functional groups attached to an aromatic ring is 1. The number of benzene rings is 1. The lowest BCUT2D eigenvalue weighted by Gasteiger charge is -2.21. The fourth-order valence-electron chi connectivity index (χ4n) is 1.46. The van der Waals surface area contributed by atoms with E-state index in [2.05, 4.69) is 0 Å². The molecule has 2 nitrogen and oxygen atoms in total. The van der Waals surface area contributed by atoms with Crippen LogP contribution in [0.2, 0.25) is 10.0 Å². The summed E-state index contributed by atoms with van der Waals surface area (Å²) in [7, 11) is 3.86. The van der Waals surface area contributed by atoms with Crippen molar-refractivity contribution in [3.63, 3.8) is 0 Å². The lowest BCUT2D eigenvalue weighted by molar-refractivity contribution is 1.11. The molecule has 0 heterocycles. The maximum atomic E-state index is 6.12. The van der Waals surface area contributed by atoms with E-state index < -0.39 is 0 Å². The second-order valence-electron chi connectivity index (χ2n) is 3.53. The molecule has 0 saturated heterocycles. The SMILES string of the molecule is Cc1c(C)c(N(C)C)c(Cl)c(Cl)c1N. The summed E-state index contributed by atoms with van der Waals surface area (Å²) in [6, 6.07) is 0. The standard InChI is InChI=1S/C10H14Cl2N2/c1-5-6(2)10(14(3)4)8(12)7(11)9(5)13/h13H2,1-4H3. The van der Waals surface area contributed by atoms with E-state index in [-0.39, 0.29) is 0 Å². The molecule has 1 aromatic carbocycles. The molecule has 0 spiro atoms. The van der Waals surface area contributed by atoms with E-state index in [1.807, 2.05) is 32.8 Å². The fourth-order valence-corrected chi connectivity index (χ4v) is 2.11. The molecule has 0 aliphatic carbocycles. The van der Waals surface area contributed by atoms with Gasteiger partial charge in [0.15, 0.2) is 0 Å². The Kier molecular flexibility index (Phi) is 3.17. The van der Waals surface area contributed by atoms with Crippen LogP contribution in [0.3, 0.4) is 0 Å². The molecule has 2 N–H and O–H groups in total. The van der Waals surface area contributed by atoms with Crippen molar-refractivity contribution in [1.29, 1.82) is 0 Å². The quantitative estimate of drug-likeness (QED) is 0.754. The van der Waals surface area contributed by atoms with Gasteiger partial charge in [0, 0.05) is 14.1 Å². The van der Waals surface area contributed by atoms with Crippen LogP contribution in [0.5, 0.6) is 0 Å². The molecule has 0 aromatic heterocycles. The minimum atomic E-state index is 0.443. The third-order valence-electron chi connectivity index (χ3n) is 2.41. The van der Waals surface area contributed by atoms with Crippen molar-refractivity contribution in [3.05, 3.63) is 21.2 Å². The first kappa shape index (κ1) is 11.5. The molecule has 0 atom stereocenters. The van der Waals surface area contributed by atoms with Gasteiger partial charge in [-0.15, -0.1) is 0 Å². The summed E-state index contributed by atoms with van der Waals surface area (Å²) >= 11 is 12.1. The van der Waals surface area contributed by atoms with Gasteiger partial charge in [0.1, 0.15) is 0 Å². The van der Waals surface area contributed by atoms with Crippen molar-refractivity contribution in [2.75, 3.05) is 24.7 Å². The Labute approximate surface area is 94.6 Å². The molecule has 0 aliphatic rings. The number of rotatable bonds is 1. The number of nitrogens with two attached hydrogens (primary N) is 1. The van der Waals surface area contributed by atoms with E-state index in [0.29, 0.717) is 15.7 Å². The predicted octanol–water partition coefficient (Wildman–Crippen LogP) is 3.26. The zero-order valence-corrected chi connectivity index (χ0v) is 10.3. The monoisotopic (exact) mass is 232 g/mol. The fraction of sp³-hybridized carbons (Fsp3) is 0.400. The first-order chi connectivity index (χ1) is 6.37. The van der Waals surface area contributed by atoms with Crippen molar-refractivity contribution in [3.8, 4) is 0 Å². The molecule has 1 aromatic rings. The van der Waals surface area contributed by atoms with Gasteiger partial charge in [-0.3, -0.25) is 0 Å². The molecule has 4 heteroatoms. The summed E-state index contributed by atoms with van der Waals surface area (Å²) in [5, 5.41) is 0.968. The first-order valence-corrected chi connectivity index (χ1v) is 5.04. The Balaban J connectivity index is 3.60. The van der Waals surface area contributed by atoms with Gasteiger partial charge in [0.25, 0.3) is 0 Å². The van der Waals surface area contributed by atoms with Crippen molar-refractivity contribution in [2.45, 2.75) is 13.8 Å². The summed E-state index contributed by atoms with van der Waals surface area (Å²) in [6.07, 6.45) is 0. The molecule has 14 heavy (non-hydrogen) atoms. The van der Waals surface area contributed by atoms with Crippen LogP contribution in [-0.4, -0.2) is 14.1 Å². The van der Waals surface area contributed by atoms with Crippen LogP contribution in [0.15, 0.2) is 0 Å². The minimum Gasteiger partial charge on any atom is -0.397 e. The molecule has 0 aliphatic heterocycles. The summed E-state index contributed by atoms with van der Waals surface area (Å²) in [5.74, 6) is 0. The number of anilines is 2. The number of hydrogen-bond donors (Lipinski definition) is 1. The highest BCUT2D eigenvalue weighted by atomic mass is 35.5. The highest BCUT2D eigenvalue weighted by Gasteiger charge is 2.16. The van der Waals surface area contributed by atoms with Crippen molar-refractivity contribution in [2.24, 2.45) is 0 Å². The van der Waals surface area contributed by atoms with Crippen LogP contribution in [0.25, 0.3) is 0 Å².